The molecular weight excluding hydrogens is 218 g/mol. The van der Waals surface area contributed by atoms with Crippen LogP contribution >= 0.6 is 0 Å². The molecule has 2 rings (SSSR count). The van der Waals surface area contributed by atoms with Crippen molar-refractivity contribution >= 4 is 12.6 Å². The molecule has 4 heteroatoms. The smallest absolute Gasteiger partial charge is 0.153 e. The van der Waals surface area contributed by atoms with E-state index in [0.29, 0.717) is 0 Å². The van der Waals surface area contributed by atoms with Crippen LogP contribution in [0.15, 0.2) is 24.4 Å². The zero-order valence-corrected chi connectivity index (χ0v) is 9.92. The van der Waals surface area contributed by atoms with E-state index in [-0.39, 0.29) is 12.5 Å². The van der Waals surface area contributed by atoms with Gasteiger partial charge in [-0.05, 0) is 12.1 Å². The summed E-state index contributed by atoms with van der Waals surface area (Å²) in [5.74, 6) is -0.365. The maximum atomic E-state index is 11.2. The van der Waals surface area contributed by atoms with Crippen molar-refractivity contribution in [1.29, 1.82) is 0 Å². The lowest BCUT2D eigenvalue weighted by Crippen LogP contribution is -2.24. The summed E-state index contributed by atoms with van der Waals surface area (Å²) in [4.78, 5) is 26.2. The number of hydrogen-bond acceptors (Lipinski definition) is 4. The first-order chi connectivity index (χ1) is 8.08. The van der Waals surface area contributed by atoms with Crippen LogP contribution in [-0.4, -0.2) is 23.2 Å². The quantitative estimate of drug-likeness (QED) is 0.721. The van der Waals surface area contributed by atoms with Crippen LogP contribution in [0, 0.1) is 11.3 Å². The maximum Gasteiger partial charge on any atom is 0.153 e. The van der Waals surface area contributed by atoms with Crippen molar-refractivity contribution in [1.82, 2.24) is 4.98 Å². The minimum absolute atomic E-state index is 0.243. The average Bonchev–Trinajstić information content (AvgIpc) is 2.83. The Morgan fingerprint density at radius 3 is 2.65 bits per heavy atom. The predicted molar refractivity (Wildman–Crippen MR) is 61.2 cm³/mol. The normalized spacial score (nSPS) is 29.6. The van der Waals surface area contributed by atoms with E-state index in [1.165, 1.54) is 0 Å². The SMILES string of the molecule is CC1(C)C(C=O)C1(C=O)OCc1ccccn1. The van der Waals surface area contributed by atoms with Gasteiger partial charge >= 0.3 is 0 Å². The predicted octanol–water partition coefficient (Wildman–Crippen LogP) is 1.39. The molecule has 0 N–H and O–H groups in total. The number of aromatic nitrogens is 1. The Kier molecular flexibility index (Phi) is 2.83. The monoisotopic (exact) mass is 233 g/mol. The first-order valence-corrected chi connectivity index (χ1v) is 5.54. The highest BCUT2D eigenvalue weighted by atomic mass is 16.5. The molecule has 1 heterocycles. The second-order valence-corrected chi connectivity index (χ2v) is 4.86. The van der Waals surface area contributed by atoms with E-state index in [9.17, 15) is 9.59 Å². The summed E-state index contributed by atoms with van der Waals surface area (Å²) in [6.45, 7) is 3.96. The Bertz CT molecular complexity index is 430. The van der Waals surface area contributed by atoms with Crippen LogP contribution in [0.3, 0.4) is 0 Å². The van der Waals surface area contributed by atoms with Crippen molar-refractivity contribution in [3.8, 4) is 0 Å². The average molecular weight is 233 g/mol. The molecule has 0 aliphatic heterocycles. The van der Waals surface area contributed by atoms with Crippen LogP contribution in [-0.2, 0) is 20.9 Å². The van der Waals surface area contributed by atoms with E-state index in [0.717, 1.165) is 18.3 Å². The molecule has 1 aliphatic rings. The van der Waals surface area contributed by atoms with Crippen molar-refractivity contribution in [3.63, 3.8) is 0 Å². The van der Waals surface area contributed by atoms with Gasteiger partial charge in [-0.3, -0.25) is 4.98 Å². The summed E-state index contributed by atoms with van der Waals surface area (Å²) < 4.78 is 5.63. The minimum Gasteiger partial charge on any atom is -0.360 e. The first kappa shape index (κ1) is 11.9. The molecule has 1 saturated carbocycles. The highest BCUT2D eigenvalue weighted by molar-refractivity contribution is 5.82. The van der Waals surface area contributed by atoms with Gasteiger partial charge in [0.15, 0.2) is 6.29 Å². The third-order valence-electron chi connectivity index (χ3n) is 3.66. The van der Waals surface area contributed by atoms with E-state index in [1.54, 1.807) is 6.20 Å². The van der Waals surface area contributed by atoms with E-state index >= 15 is 0 Å². The van der Waals surface area contributed by atoms with Crippen LogP contribution in [0.4, 0.5) is 0 Å². The van der Waals surface area contributed by atoms with Crippen molar-refractivity contribution in [2.24, 2.45) is 11.3 Å². The highest BCUT2D eigenvalue weighted by Gasteiger charge is 2.73. The van der Waals surface area contributed by atoms with Crippen molar-refractivity contribution in [3.05, 3.63) is 30.1 Å². The molecule has 0 amide bonds. The number of nitrogens with zero attached hydrogens (tertiary/aromatic N) is 1. The van der Waals surface area contributed by atoms with Gasteiger partial charge in [0.05, 0.1) is 18.2 Å². The van der Waals surface area contributed by atoms with Crippen LogP contribution in [0.1, 0.15) is 19.5 Å². The van der Waals surface area contributed by atoms with Gasteiger partial charge in [-0.25, -0.2) is 0 Å². The lowest BCUT2D eigenvalue weighted by Gasteiger charge is -2.14. The number of aldehydes is 2. The van der Waals surface area contributed by atoms with E-state index in [2.05, 4.69) is 4.98 Å². The summed E-state index contributed by atoms with van der Waals surface area (Å²) in [5.41, 5.74) is -0.654. The lowest BCUT2D eigenvalue weighted by atomic mass is 10.1. The molecule has 17 heavy (non-hydrogen) atoms. The number of ether oxygens (including phenoxy) is 1. The van der Waals surface area contributed by atoms with Crippen molar-refractivity contribution in [2.75, 3.05) is 0 Å². The fourth-order valence-electron chi connectivity index (χ4n) is 2.28. The molecule has 90 valence electrons. The second-order valence-electron chi connectivity index (χ2n) is 4.86. The second kappa shape index (κ2) is 4.04. The molecule has 1 aromatic heterocycles. The zero-order chi connectivity index (χ0) is 12.5. The fourth-order valence-corrected chi connectivity index (χ4v) is 2.28. The molecule has 4 nitrogen and oxygen atoms in total. The summed E-state index contributed by atoms with van der Waals surface area (Å²) in [7, 11) is 0. The first-order valence-electron chi connectivity index (χ1n) is 5.54. The van der Waals surface area contributed by atoms with Crippen LogP contribution in [0.5, 0.6) is 0 Å². The zero-order valence-electron chi connectivity index (χ0n) is 9.92. The van der Waals surface area contributed by atoms with Gasteiger partial charge in [-0.2, -0.15) is 0 Å². The molecule has 0 spiro atoms. The van der Waals surface area contributed by atoms with Crippen LogP contribution in [0.25, 0.3) is 0 Å². The van der Waals surface area contributed by atoms with Gasteiger partial charge in [-0.1, -0.05) is 19.9 Å². The van der Waals surface area contributed by atoms with E-state index < -0.39 is 11.0 Å². The highest BCUT2D eigenvalue weighted by Crippen LogP contribution is 2.61. The van der Waals surface area contributed by atoms with Crippen molar-refractivity contribution < 1.29 is 14.3 Å². The molecule has 0 saturated heterocycles. The van der Waals surface area contributed by atoms with Gasteiger partial charge < -0.3 is 14.3 Å². The largest absolute Gasteiger partial charge is 0.360 e. The third kappa shape index (κ3) is 1.69. The lowest BCUT2D eigenvalue weighted by molar-refractivity contribution is -0.127. The molecular formula is C13H15NO3. The van der Waals surface area contributed by atoms with Gasteiger partial charge in [0.2, 0.25) is 0 Å². The van der Waals surface area contributed by atoms with Gasteiger partial charge in [0.25, 0.3) is 0 Å². The molecule has 1 aliphatic carbocycles. The fraction of sp³-hybridized carbons (Fsp3) is 0.462. The standard InChI is InChI=1S/C13H15NO3/c1-12(2)11(7-15)13(12,9-16)17-8-10-5-3-4-6-14-10/h3-7,9,11H,8H2,1-2H3. The molecule has 1 fully saturated rings. The summed E-state index contributed by atoms with van der Waals surface area (Å²) in [6.07, 6.45) is 3.21. The molecule has 0 aromatic carbocycles. The number of rotatable bonds is 5. The Labute approximate surface area is 100 Å². The van der Waals surface area contributed by atoms with Crippen LogP contribution < -0.4 is 0 Å². The summed E-state index contributed by atoms with van der Waals surface area (Å²) >= 11 is 0. The van der Waals surface area contributed by atoms with E-state index in [1.807, 2.05) is 32.0 Å². The number of hydrogen-bond donors (Lipinski definition) is 0. The Hall–Kier alpha value is -1.55. The number of carbonyl (C=O) groups excluding carboxylic acids is 2. The molecule has 2 atom stereocenters. The molecule has 0 radical (unpaired) electrons. The van der Waals surface area contributed by atoms with Gasteiger partial charge in [0.1, 0.15) is 11.9 Å². The number of pyridine rings is 1. The molecule has 2 unspecified atom stereocenters. The third-order valence-corrected chi connectivity index (χ3v) is 3.66. The molecule has 1 aromatic rings. The Morgan fingerprint density at radius 1 is 1.41 bits per heavy atom. The number of carbonyl (C=O) groups is 2. The van der Waals surface area contributed by atoms with Gasteiger partial charge in [0, 0.05) is 11.6 Å². The maximum absolute atomic E-state index is 11.2. The Balaban J connectivity index is 2.08. The minimum atomic E-state index is -0.980. The molecule has 0 bridgehead atoms. The van der Waals surface area contributed by atoms with Crippen LogP contribution in [0.2, 0.25) is 0 Å². The topological polar surface area (TPSA) is 56.3 Å². The summed E-state index contributed by atoms with van der Waals surface area (Å²) in [5, 5.41) is 0. The van der Waals surface area contributed by atoms with Gasteiger partial charge in [-0.15, -0.1) is 0 Å². The van der Waals surface area contributed by atoms with Crippen molar-refractivity contribution in [2.45, 2.75) is 26.1 Å². The van der Waals surface area contributed by atoms with E-state index in [4.69, 9.17) is 4.74 Å². The summed E-state index contributed by atoms with van der Waals surface area (Å²) in [6, 6.07) is 5.49. The Morgan fingerprint density at radius 2 is 2.18 bits per heavy atom.